The number of nitrogens with zero attached hydrogens (tertiary/aromatic N) is 1. The molecule has 1 N–H and O–H groups in total. The van der Waals surface area contributed by atoms with Gasteiger partial charge in [0.2, 0.25) is 0 Å². The molecule has 0 bridgehead atoms. The summed E-state index contributed by atoms with van der Waals surface area (Å²) in [5.41, 5.74) is 4.49. The van der Waals surface area contributed by atoms with Gasteiger partial charge in [-0.15, -0.1) is 0 Å². The van der Waals surface area contributed by atoms with Crippen molar-refractivity contribution in [2.45, 2.75) is 27.2 Å². The summed E-state index contributed by atoms with van der Waals surface area (Å²) in [6.07, 6.45) is 0.991. The van der Waals surface area contributed by atoms with E-state index in [-0.39, 0.29) is 5.91 Å². The highest BCUT2D eigenvalue weighted by atomic mass is 16.5. The zero-order chi connectivity index (χ0) is 20.5. The molecule has 0 saturated heterocycles. The molecule has 0 aromatic heterocycles. The average molecular weight is 384 g/mol. The van der Waals surface area contributed by atoms with Gasteiger partial charge >= 0.3 is 0 Å². The number of hydrazone groups is 1. The van der Waals surface area contributed by atoms with E-state index in [1.54, 1.807) is 51.5 Å². The number of nitrogens with one attached hydrogen (secondary N) is 1. The number of methoxy groups -OCH3 is 2. The fraction of sp³-hybridized carbons (Fsp3) is 0.364. The van der Waals surface area contributed by atoms with Gasteiger partial charge < -0.3 is 14.2 Å². The number of carbonyl (C=O) groups excluding carboxylic acids is 1. The largest absolute Gasteiger partial charge is 0.497 e. The number of ether oxygens (including phenoxy) is 3. The first-order valence-electron chi connectivity index (χ1n) is 9.24. The quantitative estimate of drug-likeness (QED) is 0.517. The predicted octanol–water partition coefficient (Wildman–Crippen LogP) is 4.28. The molecular formula is C22H28N2O4. The lowest BCUT2D eigenvalue weighted by Crippen LogP contribution is -2.19. The van der Waals surface area contributed by atoms with Crippen molar-refractivity contribution in [2.24, 2.45) is 11.0 Å². The Balaban J connectivity index is 2.00. The maximum absolute atomic E-state index is 12.3. The van der Waals surface area contributed by atoms with E-state index in [4.69, 9.17) is 14.2 Å². The van der Waals surface area contributed by atoms with Crippen LogP contribution in [-0.4, -0.2) is 32.4 Å². The molecule has 0 heterocycles. The zero-order valence-corrected chi connectivity index (χ0v) is 17.1. The standard InChI is InChI=1S/C22H28N2O4/c1-15(2)12-13-28-18-8-6-17(7-9-18)22(25)24-23-16(3)20-11-10-19(26-4)14-21(20)27-5/h6-11,14-15H,12-13H2,1-5H3,(H,24,25)/b23-16+. The first-order chi connectivity index (χ1) is 13.4. The van der Waals surface area contributed by atoms with Crippen LogP contribution in [0.4, 0.5) is 0 Å². The summed E-state index contributed by atoms with van der Waals surface area (Å²) in [6, 6.07) is 12.4. The molecule has 28 heavy (non-hydrogen) atoms. The van der Waals surface area contributed by atoms with E-state index in [9.17, 15) is 4.79 Å². The first-order valence-corrected chi connectivity index (χ1v) is 9.24. The predicted molar refractivity (Wildman–Crippen MR) is 111 cm³/mol. The summed E-state index contributed by atoms with van der Waals surface area (Å²) in [6.45, 7) is 6.77. The minimum absolute atomic E-state index is 0.291. The molecule has 0 atom stereocenters. The van der Waals surface area contributed by atoms with E-state index < -0.39 is 0 Å². The second-order valence-corrected chi connectivity index (χ2v) is 6.76. The van der Waals surface area contributed by atoms with Gasteiger partial charge in [-0.3, -0.25) is 4.79 Å². The van der Waals surface area contributed by atoms with Gasteiger partial charge in [-0.25, -0.2) is 5.43 Å². The average Bonchev–Trinajstić information content (AvgIpc) is 2.71. The molecule has 0 unspecified atom stereocenters. The lowest BCUT2D eigenvalue weighted by atomic mass is 10.1. The highest BCUT2D eigenvalue weighted by Gasteiger charge is 2.10. The van der Waals surface area contributed by atoms with Gasteiger partial charge in [0.25, 0.3) is 5.91 Å². The minimum atomic E-state index is -0.291. The van der Waals surface area contributed by atoms with Gasteiger partial charge in [-0.1, -0.05) is 13.8 Å². The molecule has 0 fully saturated rings. The van der Waals surface area contributed by atoms with Crippen molar-refractivity contribution in [2.75, 3.05) is 20.8 Å². The van der Waals surface area contributed by atoms with E-state index in [1.165, 1.54) is 0 Å². The van der Waals surface area contributed by atoms with Crippen LogP contribution in [0.25, 0.3) is 0 Å². The number of benzene rings is 2. The first kappa shape index (κ1) is 21.3. The molecule has 0 radical (unpaired) electrons. The molecule has 0 aliphatic heterocycles. The second-order valence-electron chi connectivity index (χ2n) is 6.76. The summed E-state index contributed by atoms with van der Waals surface area (Å²) in [4.78, 5) is 12.3. The number of amides is 1. The minimum Gasteiger partial charge on any atom is -0.497 e. The van der Waals surface area contributed by atoms with Crippen molar-refractivity contribution in [3.63, 3.8) is 0 Å². The molecule has 0 saturated carbocycles. The molecule has 1 amide bonds. The Morgan fingerprint density at radius 2 is 1.71 bits per heavy atom. The Morgan fingerprint density at radius 1 is 1.04 bits per heavy atom. The van der Waals surface area contributed by atoms with Crippen molar-refractivity contribution >= 4 is 11.6 Å². The third-order valence-electron chi connectivity index (χ3n) is 4.20. The van der Waals surface area contributed by atoms with Crippen LogP contribution >= 0.6 is 0 Å². The molecule has 2 rings (SSSR count). The van der Waals surface area contributed by atoms with Crippen LogP contribution in [0.2, 0.25) is 0 Å². The fourth-order valence-electron chi connectivity index (χ4n) is 2.47. The molecule has 2 aromatic rings. The van der Waals surface area contributed by atoms with Crippen LogP contribution in [0.15, 0.2) is 47.6 Å². The van der Waals surface area contributed by atoms with Gasteiger partial charge in [0.15, 0.2) is 0 Å². The van der Waals surface area contributed by atoms with Gasteiger partial charge in [0.1, 0.15) is 17.2 Å². The molecule has 6 heteroatoms. The molecule has 150 valence electrons. The van der Waals surface area contributed by atoms with Crippen LogP contribution in [0.1, 0.15) is 43.1 Å². The van der Waals surface area contributed by atoms with Crippen LogP contribution < -0.4 is 19.6 Å². The SMILES string of the molecule is COc1ccc(/C(C)=N/NC(=O)c2ccc(OCCC(C)C)cc2)c(OC)c1. The summed E-state index contributed by atoms with van der Waals surface area (Å²) in [5, 5.41) is 4.19. The van der Waals surface area contributed by atoms with E-state index in [0.29, 0.717) is 35.3 Å². The lowest BCUT2D eigenvalue weighted by Gasteiger charge is -2.10. The topological polar surface area (TPSA) is 69.2 Å². The van der Waals surface area contributed by atoms with Crippen molar-refractivity contribution in [1.82, 2.24) is 5.43 Å². The molecule has 0 aliphatic carbocycles. The molecular weight excluding hydrogens is 356 g/mol. The smallest absolute Gasteiger partial charge is 0.271 e. The number of carbonyl (C=O) groups is 1. The number of hydrogen-bond donors (Lipinski definition) is 1. The Kier molecular flexibility index (Phi) is 7.87. The van der Waals surface area contributed by atoms with E-state index >= 15 is 0 Å². The normalized spacial score (nSPS) is 11.3. The maximum Gasteiger partial charge on any atom is 0.271 e. The summed E-state index contributed by atoms with van der Waals surface area (Å²) < 4.78 is 16.2. The molecule has 0 aliphatic rings. The number of hydrogen-bond acceptors (Lipinski definition) is 5. The van der Waals surface area contributed by atoms with Crippen molar-refractivity contribution < 1.29 is 19.0 Å². The van der Waals surface area contributed by atoms with Crippen LogP contribution in [0.5, 0.6) is 17.2 Å². The molecule has 2 aromatic carbocycles. The Hall–Kier alpha value is -3.02. The van der Waals surface area contributed by atoms with E-state index in [1.807, 2.05) is 12.1 Å². The van der Waals surface area contributed by atoms with Crippen molar-refractivity contribution in [1.29, 1.82) is 0 Å². The molecule has 6 nitrogen and oxygen atoms in total. The maximum atomic E-state index is 12.3. The van der Waals surface area contributed by atoms with Crippen LogP contribution in [0, 0.1) is 5.92 Å². The van der Waals surface area contributed by atoms with Gasteiger partial charge in [-0.05, 0) is 55.7 Å². The van der Waals surface area contributed by atoms with E-state index in [0.717, 1.165) is 17.7 Å². The second kappa shape index (κ2) is 10.3. The van der Waals surface area contributed by atoms with Crippen molar-refractivity contribution in [3.05, 3.63) is 53.6 Å². The van der Waals surface area contributed by atoms with Gasteiger partial charge in [-0.2, -0.15) is 5.10 Å². The zero-order valence-electron chi connectivity index (χ0n) is 17.1. The van der Waals surface area contributed by atoms with Gasteiger partial charge in [0, 0.05) is 17.2 Å². The fourth-order valence-corrected chi connectivity index (χ4v) is 2.47. The monoisotopic (exact) mass is 384 g/mol. The highest BCUT2D eigenvalue weighted by molar-refractivity contribution is 6.02. The highest BCUT2D eigenvalue weighted by Crippen LogP contribution is 2.25. The summed E-state index contributed by atoms with van der Waals surface area (Å²) in [7, 11) is 3.17. The Labute approximate surface area is 166 Å². The third-order valence-corrected chi connectivity index (χ3v) is 4.20. The van der Waals surface area contributed by atoms with E-state index in [2.05, 4.69) is 24.4 Å². The summed E-state index contributed by atoms with van der Waals surface area (Å²) >= 11 is 0. The Morgan fingerprint density at radius 3 is 2.32 bits per heavy atom. The van der Waals surface area contributed by atoms with Crippen molar-refractivity contribution in [3.8, 4) is 17.2 Å². The van der Waals surface area contributed by atoms with Crippen LogP contribution in [0.3, 0.4) is 0 Å². The molecule has 0 spiro atoms. The summed E-state index contributed by atoms with van der Waals surface area (Å²) in [5.74, 6) is 2.36. The lowest BCUT2D eigenvalue weighted by molar-refractivity contribution is 0.0955. The Bertz CT molecular complexity index is 814. The number of rotatable bonds is 9. The van der Waals surface area contributed by atoms with Gasteiger partial charge in [0.05, 0.1) is 26.5 Å². The van der Waals surface area contributed by atoms with Crippen LogP contribution in [-0.2, 0) is 0 Å². The third kappa shape index (κ3) is 6.01.